The molecule has 0 bridgehead atoms. The van der Waals surface area contributed by atoms with Gasteiger partial charge >= 0.3 is 210 Å². The number of anilines is 1. The Hall–Kier alpha value is -2.60. The number of urea groups is 1. The molecule has 0 spiro atoms. The molecule has 1 atom stereocenters. The number of hydrogen-bond donors (Lipinski definition) is 2. The Kier molecular flexibility index (Phi) is 7.05. The number of nitrogens with one attached hydrogen (secondary N) is 2. The van der Waals surface area contributed by atoms with Crippen molar-refractivity contribution in [2.45, 2.75) is 19.4 Å². The fraction of sp³-hybridized carbons (Fsp3) is 0.250. The van der Waals surface area contributed by atoms with Gasteiger partial charge < -0.3 is 0 Å². The van der Waals surface area contributed by atoms with Crippen LogP contribution in [0.5, 0.6) is 0 Å². The van der Waals surface area contributed by atoms with Crippen LogP contribution in [0.25, 0.3) is 0 Å². The number of pyridine rings is 1. The average molecular weight is 637 g/mol. The maximum atomic E-state index is 13.2. The number of carbonyl (C=O) groups excluding carboxylic acids is 1. The molecule has 2 N–H and O–H groups in total. The van der Waals surface area contributed by atoms with Gasteiger partial charge in [0.05, 0.1) is 0 Å². The molecule has 1 unspecified atom stereocenters. The van der Waals surface area contributed by atoms with Crippen LogP contribution in [0.1, 0.15) is 18.4 Å². The Morgan fingerprint density at radius 2 is 2.18 bits per heavy atom. The number of allylic oxidation sites excluding steroid dienone is 2. The number of rotatable bonds is 4. The molecule has 3 aliphatic rings. The molecule has 0 saturated carbocycles. The molecular weight excluding hydrogens is 614 g/mol. The third kappa shape index (κ3) is 5.22. The molecule has 3 aliphatic heterocycles. The van der Waals surface area contributed by atoms with Gasteiger partial charge in [-0.3, -0.25) is 0 Å². The molecule has 1 saturated heterocycles. The van der Waals surface area contributed by atoms with Gasteiger partial charge in [0, 0.05) is 0 Å². The number of piperidine rings is 1. The molecular formula is C24H23BrFIN6O. The first-order valence-corrected chi connectivity index (χ1v) is 14.9. The van der Waals surface area contributed by atoms with E-state index in [0.717, 1.165) is 36.0 Å². The summed E-state index contributed by atoms with van der Waals surface area (Å²) in [5.74, 6) is -0.159. The number of halogens is 3. The molecule has 0 aliphatic carbocycles. The molecule has 0 radical (unpaired) electrons. The second kappa shape index (κ2) is 10.3. The van der Waals surface area contributed by atoms with Crippen molar-refractivity contribution in [3.63, 3.8) is 0 Å². The number of likely N-dealkylation sites (tertiary alicyclic amines) is 1. The zero-order valence-electron chi connectivity index (χ0n) is 18.2. The first-order valence-electron chi connectivity index (χ1n) is 10.9. The van der Waals surface area contributed by atoms with Crippen molar-refractivity contribution in [2.75, 3.05) is 18.4 Å². The molecule has 1 fully saturated rings. The molecule has 176 valence electrons. The van der Waals surface area contributed by atoms with Crippen LogP contribution in [0.15, 0.2) is 76.9 Å². The summed E-state index contributed by atoms with van der Waals surface area (Å²) in [4.78, 5) is 23.8. The van der Waals surface area contributed by atoms with Crippen molar-refractivity contribution in [2.24, 2.45) is 14.1 Å². The van der Waals surface area contributed by atoms with E-state index in [1.165, 1.54) is 12.1 Å². The summed E-state index contributed by atoms with van der Waals surface area (Å²) in [6, 6.07) is 9.59. The van der Waals surface area contributed by atoms with E-state index < -0.39 is 20.1 Å². The number of aliphatic imine (C=N–C) groups is 1. The Bertz CT molecular complexity index is 1200. The monoisotopic (exact) mass is 636 g/mol. The molecule has 34 heavy (non-hydrogen) atoms. The van der Waals surface area contributed by atoms with Crippen LogP contribution in [0, 0.1) is 11.7 Å². The third-order valence-electron chi connectivity index (χ3n) is 5.74. The molecule has 2 amide bonds. The van der Waals surface area contributed by atoms with Crippen LogP contribution in [0.3, 0.4) is 0 Å². The third-order valence-corrected chi connectivity index (χ3v) is 11.5. The van der Waals surface area contributed by atoms with E-state index in [0.29, 0.717) is 25.3 Å². The van der Waals surface area contributed by atoms with E-state index >= 15 is 0 Å². The normalized spacial score (nSPS) is 21.9. The van der Waals surface area contributed by atoms with Gasteiger partial charge in [-0.2, -0.15) is 0 Å². The van der Waals surface area contributed by atoms with Crippen molar-refractivity contribution < 1.29 is 9.18 Å². The van der Waals surface area contributed by atoms with Crippen LogP contribution in [0.4, 0.5) is 14.9 Å². The Morgan fingerprint density at radius 1 is 1.32 bits per heavy atom. The van der Waals surface area contributed by atoms with Gasteiger partial charge in [-0.25, -0.2) is 4.39 Å². The van der Waals surface area contributed by atoms with Crippen molar-refractivity contribution in [1.29, 1.82) is 0 Å². The number of carbonyl (C=O) groups is 1. The summed E-state index contributed by atoms with van der Waals surface area (Å²) in [5.41, 5.74) is 2.73. The van der Waals surface area contributed by atoms with E-state index in [2.05, 4.69) is 37.6 Å². The minimum absolute atomic E-state index is 0.169. The summed E-state index contributed by atoms with van der Waals surface area (Å²) in [6.45, 7) is 1.85. The van der Waals surface area contributed by atoms with Crippen molar-refractivity contribution in [3.05, 3.63) is 80.1 Å². The molecule has 10 heteroatoms. The fourth-order valence-electron chi connectivity index (χ4n) is 4.01. The predicted octanol–water partition coefficient (Wildman–Crippen LogP) is 5.62. The number of fused-ring (bicyclic) bond motifs is 1. The topological polar surface area (TPSA) is 82.0 Å². The zero-order valence-corrected chi connectivity index (χ0v) is 22.0. The summed E-state index contributed by atoms with van der Waals surface area (Å²) < 4.78 is 21.1. The van der Waals surface area contributed by atoms with Gasteiger partial charge in [-0.1, -0.05) is 0 Å². The average Bonchev–Trinajstić information content (AvgIpc) is 3.25. The van der Waals surface area contributed by atoms with Crippen LogP contribution in [0.2, 0.25) is 0 Å². The minimum atomic E-state index is -1.97. The molecule has 2 aromatic rings. The van der Waals surface area contributed by atoms with Gasteiger partial charge in [-0.15, -0.1) is 0 Å². The van der Waals surface area contributed by atoms with Crippen LogP contribution >= 0.6 is 36.0 Å². The van der Waals surface area contributed by atoms with Crippen molar-refractivity contribution in [3.8, 4) is 0 Å². The molecule has 1 aromatic carbocycles. The summed E-state index contributed by atoms with van der Waals surface area (Å²) in [6.07, 6.45) is 9.52. The van der Waals surface area contributed by atoms with Crippen molar-refractivity contribution >= 4 is 57.7 Å². The standard InChI is InChI=1S/C24H23BrFIN6O/c25-20-14-30-27-22(29-13-16-3-1-9-28-12-16)11-21(32-23(20)27)17-4-2-10-33(15-17)24(34)31-19-7-5-18(26)6-8-19/h1,3,5-9,11-12,14,17,32H,2,4,10,13,15H2,(H,31,34). The van der Waals surface area contributed by atoms with E-state index in [9.17, 15) is 9.18 Å². The Balaban J connectivity index is 1.33. The van der Waals surface area contributed by atoms with Gasteiger partial charge in [0.1, 0.15) is 0 Å². The first kappa shape index (κ1) is 23.2. The fourth-order valence-corrected chi connectivity index (χ4v) is 9.54. The van der Waals surface area contributed by atoms with E-state index in [1.807, 2.05) is 29.4 Å². The second-order valence-electron chi connectivity index (χ2n) is 8.10. The van der Waals surface area contributed by atoms with Crippen LogP contribution in [-0.2, 0) is 6.54 Å². The molecule has 1 aromatic heterocycles. The summed E-state index contributed by atoms with van der Waals surface area (Å²) >= 11 is 1.68. The van der Waals surface area contributed by atoms with Gasteiger partial charge in [0.25, 0.3) is 0 Å². The maximum absolute atomic E-state index is 13.2. The van der Waals surface area contributed by atoms with Gasteiger partial charge in [0.2, 0.25) is 0 Å². The Labute approximate surface area is 213 Å². The quantitative estimate of drug-likeness (QED) is 0.338. The Morgan fingerprint density at radius 3 is 2.97 bits per heavy atom. The SMILES string of the molecule is O=C(Nc1ccc(F)cc1)N1CCCC(C2=CC(=NCc3cccnc3)I3N=CC(Br)=C3N2)C1. The van der Waals surface area contributed by atoms with Gasteiger partial charge in [-0.05, 0) is 0 Å². The van der Waals surface area contributed by atoms with Crippen LogP contribution < -0.4 is 10.6 Å². The second-order valence-corrected chi connectivity index (χ2v) is 13.2. The zero-order chi connectivity index (χ0) is 23.5. The summed E-state index contributed by atoms with van der Waals surface area (Å²) in [5, 5.41) is 6.50. The first-order chi connectivity index (χ1) is 16.6. The number of nitrogens with zero attached hydrogens (tertiary/aromatic N) is 4. The molecule has 5 rings (SSSR count). The number of benzene rings is 1. The molecule has 7 nitrogen and oxygen atoms in total. The van der Waals surface area contributed by atoms with Crippen molar-refractivity contribution in [1.82, 2.24) is 15.2 Å². The number of aromatic nitrogens is 1. The van der Waals surface area contributed by atoms with E-state index in [-0.39, 0.29) is 17.8 Å². The van der Waals surface area contributed by atoms with Gasteiger partial charge in [0.15, 0.2) is 0 Å². The van der Waals surface area contributed by atoms with E-state index in [4.69, 9.17) is 8.20 Å². The molecule has 4 heterocycles. The predicted molar refractivity (Wildman–Crippen MR) is 145 cm³/mol. The number of amides is 2. The van der Waals surface area contributed by atoms with E-state index in [1.54, 1.807) is 18.3 Å². The summed E-state index contributed by atoms with van der Waals surface area (Å²) in [7, 11) is 0. The number of hydrogen-bond acceptors (Lipinski definition) is 5. The van der Waals surface area contributed by atoms with Crippen LogP contribution in [-0.4, -0.2) is 38.9 Å².